The SMILES string of the molecule is C=CC(C=CCO)n1c(O)c2c(c1O)C1C=CC2C1. The molecule has 4 heteroatoms. The second-order valence-electron chi connectivity index (χ2n) is 5.02. The monoisotopic (exact) mass is 259 g/mol. The van der Waals surface area contributed by atoms with Gasteiger partial charge in [-0.05, 0) is 6.42 Å². The number of allylic oxidation sites excluding steroid dienone is 4. The predicted octanol–water partition coefficient (Wildman–Crippen LogP) is 2.32. The second kappa shape index (κ2) is 4.31. The molecule has 0 amide bonds. The zero-order chi connectivity index (χ0) is 13.6. The van der Waals surface area contributed by atoms with Crippen molar-refractivity contribution >= 4 is 0 Å². The highest BCUT2D eigenvalue weighted by atomic mass is 16.3. The van der Waals surface area contributed by atoms with Crippen LogP contribution in [-0.4, -0.2) is 26.5 Å². The lowest BCUT2D eigenvalue weighted by molar-refractivity contribution is 0.339. The minimum atomic E-state index is -0.364. The van der Waals surface area contributed by atoms with Crippen molar-refractivity contribution in [3.63, 3.8) is 0 Å². The standard InChI is InChI=1S/C15H17NO3/c1-2-11(4-3-7-17)16-14(18)12-9-5-6-10(8-9)13(12)15(16)19/h2-6,9-11,17-19H,1,7-8H2. The Kier molecular flexibility index (Phi) is 2.75. The first-order chi connectivity index (χ1) is 9.19. The van der Waals surface area contributed by atoms with E-state index in [1.165, 1.54) is 4.57 Å². The topological polar surface area (TPSA) is 65.6 Å². The molecule has 3 rings (SSSR count). The van der Waals surface area contributed by atoms with Crippen LogP contribution in [0.3, 0.4) is 0 Å². The lowest BCUT2D eigenvalue weighted by Gasteiger charge is -2.15. The Morgan fingerprint density at radius 3 is 2.32 bits per heavy atom. The molecular formula is C15H17NO3. The predicted molar refractivity (Wildman–Crippen MR) is 72.5 cm³/mol. The van der Waals surface area contributed by atoms with E-state index in [1.54, 1.807) is 18.2 Å². The van der Waals surface area contributed by atoms with E-state index in [2.05, 4.69) is 18.7 Å². The van der Waals surface area contributed by atoms with Crippen LogP contribution in [0.15, 0.2) is 37.0 Å². The van der Waals surface area contributed by atoms with Gasteiger partial charge in [-0.1, -0.05) is 30.4 Å². The molecule has 2 bridgehead atoms. The van der Waals surface area contributed by atoms with Gasteiger partial charge in [0.1, 0.15) is 0 Å². The number of hydrogen-bond donors (Lipinski definition) is 3. The molecule has 0 aromatic carbocycles. The minimum absolute atomic E-state index is 0.0837. The molecule has 3 N–H and O–H groups in total. The number of nitrogens with zero attached hydrogens (tertiary/aromatic N) is 1. The maximum Gasteiger partial charge on any atom is 0.198 e. The first kappa shape index (κ1) is 12.1. The van der Waals surface area contributed by atoms with E-state index in [1.807, 2.05) is 0 Å². The van der Waals surface area contributed by atoms with Crippen LogP contribution in [0.5, 0.6) is 11.8 Å². The summed E-state index contributed by atoms with van der Waals surface area (Å²) in [5.74, 6) is 0.632. The Morgan fingerprint density at radius 2 is 1.84 bits per heavy atom. The highest BCUT2D eigenvalue weighted by molar-refractivity contribution is 5.59. The molecule has 0 aliphatic heterocycles. The van der Waals surface area contributed by atoms with E-state index in [-0.39, 0.29) is 36.2 Å². The summed E-state index contributed by atoms with van der Waals surface area (Å²) in [5.41, 5.74) is 1.68. The molecule has 1 heterocycles. The van der Waals surface area contributed by atoms with Crippen molar-refractivity contribution in [3.05, 3.63) is 48.1 Å². The zero-order valence-corrected chi connectivity index (χ0v) is 10.5. The van der Waals surface area contributed by atoms with Crippen LogP contribution in [0, 0.1) is 0 Å². The van der Waals surface area contributed by atoms with Crippen LogP contribution < -0.4 is 0 Å². The van der Waals surface area contributed by atoms with Gasteiger partial charge < -0.3 is 15.3 Å². The first-order valence-electron chi connectivity index (χ1n) is 6.43. The van der Waals surface area contributed by atoms with Crippen LogP contribution >= 0.6 is 0 Å². The molecule has 4 nitrogen and oxygen atoms in total. The average molecular weight is 259 g/mol. The number of hydrogen-bond acceptors (Lipinski definition) is 3. The Bertz CT molecular complexity index is 547. The van der Waals surface area contributed by atoms with Crippen molar-refractivity contribution < 1.29 is 15.3 Å². The Labute approximate surface area is 111 Å². The van der Waals surface area contributed by atoms with Crippen molar-refractivity contribution in [1.82, 2.24) is 4.57 Å². The van der Waals surface area contributed by atoms with Gasteiger partial charge in [0.05, 0.1) is 12.6 Å². The fourth-order valence-electron chi connectivity index (χ4n) is 3.21. The number of aromatic nitrogens is 1. The maximum absolute atomic E-state index is 10.4. The third-order valence-corrected chi connectivity index (χ3v) is 4.03. The average Bonchev–Trinajstić information content (AvgIpc) is 3.07. The first-order valence-corrected chi connectivity index (χ1v) is 6.43. The van der Waals surface area contributed by atoms with Gasteiger partial charge in [0.15, 0.2) is 11.8 Å². The third kappa shape index (κ3) is 1.56. The number of aliphatic hydroxyl groups is 1. The molecular weight excluding hydrogens is 242 g/mol. The summed E-state index contributed by atoms with van der Waals surface area (Å²) < 4.78 is 1.47. The molecule has 1 aromatic heterocycles. The van der Waals surface area contributed by atoms with E-state index in [0.717, 1.165) is 17.5 Å². The van der Waals surface area contributed by atoms with Gasteiger partial charge in [-0.25, -0.2) is 0 Å². The largest absolute Gasteiger partial charge is 0.494 e. The molecule has 19 heavy (non-hydrogen) atoms. The Morgan fingerprint density at radius 1 is 1.26 bits per heavy atom. The molecule has 0 fully saturated rings. The van der Waals surface area contributed by atoms with Crippen LogP contribution in [0.4, 0.5) is 0 Å². The number of fused-ring (bicyclic) bond motifs is 5. The smallest absolute Gasteiger partial charge is 0.198 e. The fraction of sp³-hybridized carbons (Fsp3) is 0.333. The Hall–Kier alpha value is -1.94. The molecule has 2 aliphatic carbocycles. The van der Waals surface area contributed by atoms with E-state index in [9.17, 15) is 10.2 Å². The molecule has 0 saturated heterocycles. The van der Waals surface area contributed by atoms with Gasteiger partial charge in [0.25, 0.3) is 0 Å². The van der Waals surface area contributed by atoms with E-state index in [0.29, 0.717) is 0 Å². The van der Waals surface area contributed by atoms with Gasteiger partial charge in [0.2, 0.25) is 0 Å². The molecule has 2 aliphatic rings. The Balaban J connectivity index is 2.09. The zero-order valence-electron chi connectivity index (χ0n) is 10.5. The molecule has 1 aromatic rings. The van der Waals surface area contributed by atoms with Gasteiger partial charge >= 0.3 is 0 Å². The van der Waals surface area contributed by atoms with E-state index >= 15 is 0 Å². The minimum Gasteiger partial charge on any atom is -0.494 e. The van der Waals surface area contributed by atoms with Gasteiger partial charge in [0, 0.05) is 23.0 Å². The highest BCUT2D eigenvalue weighted by Crippen LogP contribution is 2.57. The van der Waals surface area contributed by atoms with Crippen LogP contribution in [-0.2, 0) is 0 Å². The molecule has 3 atom stereocenters. The summed E-state index contributed by atoms with van der Waals surface area (Å²) in [6.45, 7) is 3.63. The number of aromatic hydroxyl groups is 2. The molecule has 0 spiro atoms. The van der Waals surface area contributed by atoms with Crippen molar-refractivity contribution in [2.75, 3.05) is 6.61 Å². The van der Waals surface area contributed by atoms with Gasteiger partial charge in [-0.2, -0.15) is 0 Å². The van der Waals surface area contributed by atoms with E-state index < -0.39 is 0 Å². The van der Waals surface area contributed by atoms with Crippen LogP contribution in [0.25, 0.3) is 0 Å². The fourth-order valence-corrected chi connectivity index (χ4v) is 3.21. The quantitative estimate of drug-likeness (QED) is 0.727. The second-order valence-corrected chi connectivity index (χ2v) is 5.02. The van der Waals surface area contributed by atoms with Crippen molar-refractivity contribution in [3.8, 4) is 11.8 Å². The summed E-state index contributed by atoms with van der Waals surface area (Å²) in [6.07, 6.45) is 10.0. The highest BCUT2D eigenvalue weighted by Gasteiger charge is 2.41. The molecule has 0 radical (unpaired) electrons. The van der Waals surface area contributed by atoms with Crippen molar-refractivity contribution in [2.45, 2.75) is 24.3 Å². The summed E-state index contributed by atoms with van der Waals surface area (Å²) in [4.78, 5) is 0. The normalized spacial score (nSPS) is 25.1. The summed E-state index contributed by atoms with van der Waals surface area (Å²) in [7, 11) is 0. The molecule has 3 unspecified atom stereocenters. The summed E-state index contributed by atoms with van der Waals surface area (Å²) in [6, 6.07) is -0.364. The maximum atomic E-state index is 10.4. The number of rotatable bonds is 4. The van der Waals surface area contributed by atoms with Crippen molar-refractivity contribution in [1.29, 1.82) is 0 Å². The van der Waals surface area contributed by atoms with Crippen molar-refractivity contribution in [2.24, 2.45) is 0 Å². The van der Waals surface area contributed by atoms with E-state index in [4.69, 9.17) is 5.11 Å². The summed E-state index contributed by atoms with van der Waals surface area (Å²) in [5, 5.41) is 29.6. The molecule has 100 valence electrons. The van der Waals surface area contributed by atoms with Crippen LogP contribution in [0.2, 0.25) is 0 Å². The lowest BCUT2D eigenvalue weighted by Crippen LogP contribution is -2.04. The van der Waals surface area contributed by atoms with Crippen LogP contribution in [0.1, 0.15) is 35.4 Å². The summed E-state index contributed by atoms with van der Waals surface area (Å²) >= 11 is 0. The van der Waals surface area contributed by atoms with Gasteiger partial charge in [-0.15, -0.1) is 6.58 Å². The molecule has 0 saturated carbocycles. The third-order valence-electron chi connectivity index (χ3n) is 4.03. The lowest BCUT2D eigenvalue weighted by atomic mass is 10.0. The number of aliphatic hydroxyl groups excluding tert-OH is 1. The van der Waals surface area contributed by atoms with Gasteiger partial charge in [-0.3, -0.25) is 4.57 Å².